The zero-order chi connectivity index (χ0) is 26.5. The van der Waals surface area contributed by atoms with Gasteiger partial charge in [-0.3, -0.25) is 9.69 Å². The van der Waals surface area contributed by atoms with Gasteiger partial charge in [-0.2, -0.15) is 0 Å². The minimum atomic E-state index is -0.404. The molecule has 10 heteroatoms. The van der Waals surface area contributed by atoms with Gasteiger partial charge in [0.2, 0.25) is 0 Å². The number of hydrogen-bond donors (Lipinski definition) is 0. The Morgan fingerprint density at radius 3 is 2.35 bits per heavy atom. The Balaban J connectivity index is 1.49. The number of likely N-dealkylation sites (N-methyl/N-ethyl adjacent to an activating group) is 1. The van der Waals surface area contributed by atoms with Crippen molar-refractivity contribution < 1.29 is 23.5 Å². The standard InChI is InChI=1S/C27H21Cl2FN2O4S/c1-3-35-26(34)18-6-10-20(11-7-18)31-27-32(2)25(33)23(37-27)14-17-12-21(28)24(22(29)13-17)36-15-16-4-8-19(30)9-5-16/h4-14H,3,15H2,1-2H3/b23-14-,31-27?. The molecule has 0 aliphatic carbocycles. The van der Waals surface area contributed by atoms with E-state index in [4.69, 9.17) is 32.7 Å². The fraction of sp³-hybridized carbons (Fsp3) is 0.148. The number of carbonyl (C=O) groups excluding carboxylic acids is 2. The highest BCUT2D eigenvalue weighted by Gasteiger charge is 2.30. The van der Waals surface area contributed by atoms with Crippen molar-refractivity contribution in [1.82, 2.24) is 4.90 Å². The van der Waals surface area contributed by atoms with E-state index >= 15 is 0 Å². The monoisotopic (exact) mass is 558 g/mol. The maximum atomic E-state index is 13.1. The summed E-state index contributed by atoms with van der Waals surface area (Å²) in [4.78, 5) is 31.1. The summed E-state index contributed by atoms with van der Waals surface area (Å²) in [5.41, 5.74) is 2.39. The SMILES string of the molecule is CCOC(=O)c1ccc(N=C2S/C(=C\c3cc(Cl)c(OCc4ccc(F)cc4)c(Cl)c3)C(=O)N2C)cc1. The highest BCUT2D eigenvalue weighted by atomic mass is 35.5. The van der Waals surface area contributed by atoms with Crippen LogP contribution in [0.25, 0.3) is 6.08 Å². The van der Waals surface area contributed by atoms with E-state index in [2.05, 4.69) is 4.99 Å². The third kappa shape index (κ3) is 6.52. The van der Waals surface area contributed by atoms with Crippen LogP contribution in [0.1, 0.15) is 28.4 Å². The Morgan fingerprint density at radius 1 is 1.08 bits per heavy atom. The lowest BCUT2D eigenvalue weighted by molar-refractivity contribution is -0.121. The number of benzene rings is 3. The van der Waals surface area contributed by atoms with Crippen LogP contribution in [-0.4, -0.2) is 35.6 Å². The summed E-state index contributed by atoms with van der Waals surface area (Å²) in [6, 6.07) is 15.8. The van der Waals surface area contributed by atoms with Crippen LogP contribution in [0.4, 0.5) is 10.1 Å². The predicted molar refractivity (Wildman–Crippen MR) is 145 cm³/mol. The molecule has 0 saturated carbocycles. The Bertz CT molecular complexity index is 1370. The van der Waals surface area contributed by atoms with Crippen molar-refractivity contribution in [3.63, 3.8) is 0 Å². The van der Waals surface area contributed by atoms with E-state index in [-0.39, 0.29) is 28.4 Å². The lowest BCUT2D eigenvalue weighted by Gasteiger charge is -2.11. The average molecular weight is 559 g/mol. The van der Waals surface area contributed by atoms with Crippen LogP contribution in [0.15, 0.2) is 70.6 Å². The fourth-order valence-corrected chi connectivity index (χ4v) is 4.94. The van der Waals surface area contributed by atoms with Crippen molar-refractivity contribution in [3.05, 3.63) is 98.1 Å². The second-order valence-corrected chi connectivity index (χ2v) is 9.69. The fourth-order valence-electron chi connectivity index (χ4n) is 3.34. The van der Waals surface area contributed by atoms with Crippen LogP contribution >= 0.6 is 35.0 Å². The van der Waals surface area contributed by atoms with Gasteiger partial charge in [-0.15, -0.1) is 0 Å². The molecular weight excluding hydrogens is 538 g/mol. The van der Waals surface area contributed by atoms with Gasteiger partial charge in [-0.25, -0.2) is 14.2 Å². The summed E-state index contributed by atoms with van der Waals surface area (Å²) in [5, 5.41) is 1.04. The van der Waals surface area contributed by atoms with Crippen molar-refractivity contribution in [3.8, 4) is 5.75 Å². The van der Waals surface area contributed by atoms with E-state index in [0.717, 1.165) is 5.56 Å². The number of hydrogen-bond acceptors (Lipinski definition) is 6. The van der Waals surface area contributed by atoms with Crippen LogP contribution in [0.3, 0.4) is 0 Å². The highest BCUT2D eigenvalue weighted by molar-refractivity contribution is 8.18. The van der Waals surface area contributed by atoms with E-state index in [1.807, 2.05) is 0 Å². The molecule has 37 heavy (non-hydrogen) atoms. The van der Waals surface area contributed by atoms with E-state index < -0.39 is 5.97 Å². The van der Waals surface area contributed by atoms with E-state index in [0.29, 0.717) is 39.2 Å². The average Bonchev–Trinajstić information content (AvgIpc) is 3.12. The van der Waals surface area contributed by atoms with Gasteiger partial charge in [0.15, 0.2) is 10.9 Å². The number of ether oxygens (including phenoxy) is 2. The van der Waals surface area contributed by atoms with Gasteiger partial charge < -0.3 is 9.47 Å². The minimum absolute atomic E-state index is 0.167. The molecule has 6 nitrogen and oxygen atoms in total. The van der Waals surface area contributed by atoms with Gasteiger partial charge in [0.25, 0.3) is 5.91 Å². The third-order valence-corrected chi connectivity index (χ3v) is 6.84. The first-order valence-electron chi connectivity index (χ1n) is 11.1. The van der Waals surface area contributed by atoms with Crippen molar-refractivity contribution in [2.45, 2.75) is 13.5 Å². The van der Waals surface area contributed by atoms with Crippen LogP contribution in [0.5, 0.6) is 5.75 Å². The van der Waals surface area contributed by atoms with Gasteiger partial charge in [0, 0.05) is 7.05 Å². The van der Waals surface area contributed by atoms with Crippen molar-refractivity contribution >= 4 is 63.8 Å². The topological polar surface area (TPSA) is 68.2 Å². The summed E-state index contributed by atoms with van der Waals surface area (Å²) in [6.45, 7) is 2.21. The number of esters is 1. The van der Waals surface area contributed by atoms with Gasteiger partial charge in [0.05, 0.1) is 32.8 Å². The molecule has 0 spiro atoms. The molecule has 3 aromatic carbocycles. The molecule has 0 N–H and O–H groups in total. The number of halogens is 3. The first kappa shape index (κ1) is 26.7. The summed E-state index contributed by atoms with van der Waals surface area (Å²) in [7, 11) is 1.63. The van der Waals surface area contributed by atoms with Gasteiger partial charge >= 0.3 is 5.97 Å². The molecule has 0 atom stereocenters. The molecule has 0 radical (unpaired) electrons. The highest BCUT2D eigenvalue weighted by Crippen LogP contribution is 2.38. The molecule has 1 saturated heterocycles. The lowest BCUT2D eigenvalue weighted by Crippen LogP contribution is -2.23. The number of aliphatic imine (C=N–C) groups is 1. The number of nitrogens with zero attached hydrogens (tertiary/aromatic N) is 2. The summed E-state index contributed by atoms with van der Waals surface area (Å²) < 4.78 is 23.8. The van der Waals surface area contributed by atoms with Crippen LogP contribution in [0.2, 0.25) is 10.0 Å². The zero-order valence-electron chi connectivity index (χ0n) is 19.8. The molecule has 0 bridgehead atoms. The smallest absolute Gasteiger partial charge is 0.338 e. The summed E-state index contributed by atoms with van der Waals surface area (Å²) in [6.07, 6.45) is 1.68. The maximum absolute atomic E-state index is 13.1. The molecule has 1 heterocycles. The number of carbonyl (C=O) groups is 2. The zero-order valence-corrected chi connectivity index (χ0v) is 22.2. The summed E-state index contributed by atoms with van der Waals surface area (Å²) in [5.74, 6) is -0.664. The quantitative estimate of drug-likeness (QED) is 0.228. The van der Waals surface area contributed by atoms with Crippen molar-refractivity contribution in [2.24, 2.45) is 4.99 Å². The lowest BCUT2D eigenvalue weighted by atomic mass is 10.2. The Hall–Kier alpha value is -3.33. The van der Waals surface area contributed by atoms with Crippen LogP contribution < -0.4 is 4.74 Å². The first-order valence-corrected chi connectivity index (χ1v) is 12.7. The van der Waals surface area contributed by atoms with E-state index in [9.17, 15) is 14.0 Å². The van der Waals surface area contributed by atoms with E-state index in [1.54, 1.807) is 68.6 Å². The molecule has 1 amide bonds. The van der Waals surface area contributed by atoms with Crippen molar-refractivity contribution in [2.75, 3.05) is 13.7 Å². The molecule has 3 aromatic rings. The number of rotatable bonds is 7. The largest absolute Gasteiger partial charge is 0.486 e. The number of thioether (sulfide) groups is 1. The molecule has 1 fully saturated rings. The third-order valence-electron chi connectivity index (χ3n) is 5.22. The van der Waals surface area contributed by atoms with Crippen molar-refractivity contribution in [1.29, 1.82) is 0 Å². The molecule has 4 rings (SSSR count). The van der Waals surface area contributed by atoms with Gasteiger partial charge in [-0.1, -0.05) is 35.3 Å². The number of amides is 1. The second kappa shape index (κ2) is 11.8. The van der Waals surface area contributed by atoms with Gasteiger partial charge in [0.1, 0.15) is 12.4 Å². The van der Waals surface area contributed by atoms with Crippen LogP contribution in [0, 0.1) is 5.82 Å². The molecule has 0 unspecified atom stereocenters. The first-order chi connectivity index (χ1) is 17.7. The van der Waals surface area contributed by atoms with E-state index in [1.165, 1.54) is 28.8 Å². The molecule has 0 aromatic heterocycles. The Kier molecular flexibility index (Phi) is 8.53. The predicted octanol–water partition coefficient (Wildman–Crippen LogP) is 7.12. The number of amidine groups is 1. The normalized spacial score (nSPS) is 15.5. The molecule has 190 valence electrons. The molecule has 1 aliphatic heterocycles. The Labute approximate surface area is 227 Å². The van der Waals surface area contributed by atoms with Gasteiger partial charge in [-0.05, 0) is 84.4 Å². The minimum Gasteiger partial charge on any atom is -0.486 e. The molecular formula is C27H21Cl2FN2O4S. The second-order valence-electron chi connectivity index (χ2n) is 7.87. The summed E-state index contributed by atoms with van der Waals surface area (Å²) >= 11 is 14.0. The Morgan fingerprint density at radius 2 is 1.73 bits per heavy atom. The molecule has 1 aliphatic rings. The maximum Gasteiger partial charge on any atom is 0.338 e. The van der Waals surface area contributed by atoms with Crippen LogP contribution in [-0.2, 0) is 16.1 Å².